The van der Waals surface area contributed by atoms with Crippen molar-refractivity contribution in [1.82, 2.24) is 19.9 Å². The van der Waals surface area contributed by atoms with Gasteiger partial charge in [0, 0.05) is 37.1 Å². The Bertz CT molecular complexity index is 1150. The number of hydrogen-bond donors (Lipinski definition) is 1. The van der Waals surface area contributed by atoms with Gasteiger partial charge in [-0.2, -0.15) is 0 Å². The Labute approximate surface area is 158 Å². The van der Waals surface area contributed by atoms with Crippen LogP contribution in [0.15, 0.2) is 42.0 Å². The van der Waals surface area contributed by atoms with E-state index in [-0.39, 0.29) is 11.7 Å². The molecule has 5 rings (SSSR count). The van der Waals surface area contributed by atoms with E-state index in [0.29, 0.717) is 37.3 Å². The summed E-state index contributed by atoms with van der Waals surface area (Å²) in [6.45, 7) is 2.64. The molecule has 136 valence electrons. The summed E-state index contributed by atoms with van der Waals surface area (Å²) < 4.78 is 13.4. The third-order valence-electron chi connectivity index (χ3n) is 4.92. The molecule has 1 N–H and O–H groups in total. The highest BCUT2D eigenvalue weighted by Crippen LogP contribution is 2.27. The molecule has 0 bridgehead atoms. The molecule has 1 saturated heterocycles. The molecule has 27 heavy (non-hydrogen) atoms. The average molecular weight is 381 g/mol. The van der Waals surface area contributed by atoms with Crippen molar-refractivity contribution in [3.63, 3.8) is 0 Å². The van der Waals surface area contributed by atoms with Gasteiger partial charge in [0.25, 0.3) is 5.91 Å². The summed E-state index contributed by atoms with van der Waals surface area (Å²) in [5.41, 5.74) is 1.26. The molecule has 0 unspecified atom stereocenters. The lowest BCUT2D eigenvalue weighted by molar-refractivity contribution is 0.0741. The summed E-state index contributed by atoms with van der Waals surface area (Å²) >= 11 is 1.60. The van der Waals surface area contributed by atoms with E-state index in [9.17, 15) is 9.18 Å². The van der Waals surface area contributed by atoms with Crippen LogP contribution in [0.25, 0.3) is 21.1 Å². The van der Waals surface area contributed by atoms with Gasteiger partial charge in [0.15, 0.2) is 0 Å². The number of aromatic amines is 1. The molecule has 0 radical (unpaired) electrons. The van der Waals surface area contributed by atoms with Crippen molar-refractivity contribution < 1.29 is 9.18 Å². The Morgan fingerprint density at radius 2 is 1.96 bits per heavy atom. The van der Waals surface area contributed by atoms with Gasteiger partial charge in [-0.3, -0.25) is 4.79 Å². The van der Waals surface area contributed by atoms with E-state index in [1.165, 1.54) is 12.1 Å². The maximum absolute atomic E-state index is 13.4. The summed E-state index contributed by atoms with van der Waals surface area (Å²) in [6, 6.07) is 8.23. The van der Waals surface area contributed by atoms with Crippen molar-refractivity contribution in [3.05, 3.63) is 53.6 Å². The van der Waals surface area contributed by atoms with Gasteiger partial charge in [-0.15, -0.1) is 11.3 Å². The van der Waals surface area contributed by atoms with Crippen molar-refractivity contribution in [2.45, 2.75) is 0 Å². The molecule has 1 aliphatic rings. The summed E-state index contributed by atoms with van der Waals surface area (Å²) in [4.78, 5) is 29.7. The summed E-state index contributed by atoms with van der Waals surface area (Å²) in [5, 5.41) is 3.78. The van der Waals surface area contributed by atoms with E-state index in [1.807, 2.05) is 16.3 Å². The number of hydrogen-bond acceptors (Lipinski definition) is 5. The van der Waals surface area contributed by atoms with Crippen molar-refractivity contribution in [2.75, 3.05) is 31.1 Å². The van der Waals surface area contributed by atoms with Gasteiger partial charge < -0.3 is 14.8 Å². The van der Waals surface area contributed by atoms with Crippen LogP contribution in [0.5, 0.6) is 0 Å². The minimum absolute atomic E-state index is 0.0605. The molecule has 8 heteroatoms. The molecule has 1 aromatic carbocycles. The van der Waals surface area contributed by atoms with E-state index in [0.717, 1.165) is 21.6 Å². The van der Waals surface area contributed by atoms with Gasteiger partial charge in [0.05, 0.1) is 5.39 Å². The van der Waals surface area contributed by atoms with Crippen LogP contribution in [0.1, 0.15) is 10.5 Å². The molecule has 1 aliphatic heterocycles. The third-order valence-corrected chi connectivity index (χ3v) is 5.74. The molecule has 0 saturated carbocycles. The standard InChI is InChI=1S/C19H16FN5OS/c20-13-1-2-15-12(9-13)10-16(23-15)19(26)25-6-4-24(5-7-25)17-14-3-8-27-18(14)22-11-21-17/h1-3,8-11,23H,4-7H2. The first kappa shape index (κ1) is 16.2. The first-order chi connectivity index (χ1) is 13.2. The summed E-state index contributed by atoms with van der Waals surface area (Å²) in [5.74, 6) is 0.558. The number of carbonyl (C=O) groups excluding carboxylic acids is 1. The molecule has 0 atom stereocenters. The number of halogens is 1. The van der Waals surface area contributed by atoms with E-state index in [2.05, 4.69) is 19.9 Å². The van der Waals surface area contributed by atoms with Crippen LogP contribution in [-0.4, -0.2) is 51.9 Å². The number of benzene rings is 1. The number of thiophene rings is 1. The summed E-state index contributed by atoms with van der Waals surface area (Å²) in [7, 11) is 0. The second kappa shape index (κ2) is 6.31. The molecular weight excluding hydrogens is 365 g/mol. The Morgan fingerprint density at radius 1 is 1.11 bits per heavy atom. The van der Waals surface area contributed by atoms with Gasteiger partial charge in [-0.1, -0.05) is 0 Å². The molecule has 3 aromatic heterocycles. The topological polar surface area (TPSA) is 65.1 Å². The van der Waals surface area contributed by atoms with Crippen molar-refractivity contribution >= 4 is 44.2 Å². The predicted molar refractivity (Wildman–Crippen MR) is 104 cm³/mol. The lowest BCUT2D eigenvalue weighted by atomic mass is 10.2. The van der Waals surface area contributed by atoms with Crippen LogP contribution >= 0.6 is 11.3 Å². The average Bonchev–Trinajstić information content (AvgIpc) is 3.33. The van der Waals surface area contributed by atoms with E-state index in [1.54, 1.807) is 29.8 Å². The number of fused-ring (bicyclic) bond motifs is 2. The lowest BCUT2D eigenvalue weighted by Gasteiger charge is -2.35. The van der Waals surface area contributed by atoms with Gasteiger partial charge in [0.1, 0.15) is 28.5 Å². The van der Waals surface area contributed by atoms with Crippen LogP contribution in [0.4, 0.5) is 10.2 Å². The number of anilines is 1. The molecule has 4 aromatic rings. The number of amides is 1. The summed E-state index contributed by atoms with van der Waals surface area (Å²) in [6.07, 6.45) is 1.59. The fraction of sp³-hybridized carbons (Fsp3) is 0.211. The number of piperazine rings is 1. The molecule has 1 amide bonds. The highest BCUT2D eigenvalue weighted by molar-refractivity contribution is 7.16. The minimum atomic E-state index is -0.307. The molecular formula is C19H16FN5OS. The zero-order valence-electron chi connectivity index (χ0n) is 14.4. The first-order valence-corrected chi connectivity index (χ1v) is 9.58. The molecule has 0 aliphatic carbocycles. The number of H-pyrrole nitrogens is 1. The maximum atomic E-state index is 13.4. The zero-order valence-corrected chi connectivity index (χ0v) is 15.2. The fourth-order valence-electron chi connectivity index (χ4n) is 3.54. The van der Waals surface area contributed by atoms with Gasteiger partial charge in [0.2, 0.25) is 0 Å². The highest BCUT2D eigenvalue weighted by atomic mass is 32.1. The van der Waals surface area contributed by atoms with Gasteiger partial charge in [-0.25, -0.2) is 14.4 Å². The third kappa shape index (κ3) is 2.82. The van der Waals surface area contributed by atoms with Crippen molar-refractivity contribution in [1.29, 1.82) is 0 Å². The fourth-order valence-corrected chi connectivity index (χ4v) is 4.27. The Hall–Kier alpha value is -3.00. The highest BCUT2D eigenvalue weighted by Gasteiger charge is 2.25. The van der Waals surface area contributed by atoms with E-state index >= 15 is 0 Å². The van der Waals surface area contributed by atoms with Crippen molar-refractivity contribution in [2.24, 2.45) is 0 Å². The monoisotopic (exact) mass is 381 g/mol. The minimum Gasteiger partial charge on any atom is -0.352 e. The van der Waals surface area contributed by atoms with Crippen LogP contribution in [0.3, 0.4) is 0 Å². The normalized spacial score (nSPS) is 15.0. The van der Waals surface area contributed by atoms with Crippen LogP contribution in [0, 0.1) is 5.82 Å². The van der Waals surface area contributed by atoms with Gasteiger partial charge >= 0.3 is 0 Å². The Kier molecular flexibility index (Phi) is 3.78. The molecule has 4 heterocycles. The molecule has 1 fully saturated rings. The van der Waals surface area contributed by atoms with Crippen LogP contribution in [-0.2, 0) is 0 Å². The van der Waals surface area contributed by atoms with Gasteiger partial charge in [-0.05, 0) is 35.7 Å². The number of nitrogens with zero attached hydrogens (tertiary/aromatic N) is 4. The van der Waals surface area contributed by atoms with Crippen LogP contribution in [0.2, 0.25) is 0 Å². The first-order valence-electron chi connectivity index (χ1n) is 8.70. The number of aromatic nitrogens is 3. The predicted octanol–water partition coefficient (Wildman–Crippen LogP) is 3.27. The SMILES string of the molecule is O=C(c1cc2cc(F)ccc2[nH]1)N1CCN(c2ncnc3sccc23)CC1. The molecule has 6 nitrogen and oxygen atoms in total. The molecule has 0 spiro atoms. The van der Waals surface area contributed by atoms with E-state index < -0.39 is 0 Å². The van der Waals surface area contributed by atoms with Crippen LogP contribution < -0.4 is 4.90 Å². The number of nitrogens with one attached hydrogen (secondary N) is 1. The Balaban J connectivity index is 1.33. The van der Waals surface area contributed by atoms with E-state index in [4.69, 9.17) is 0 Å². The number of rotatable bonds is 2. The zero-order chi connectivity index (χ0) is 18.4. The second-order valence-electron chi connectivity index (χ2n) is 6.53. The maximum Gasteiger partial charge on any atom is 0.270 e. The largest absolute Gasteiger partial charge is 0.352 e. The lowest BCUT2D eigenvalue weighted by Crippen LogP contribution is -2.49. The Morgan fingerprint density at radius 3 is 2.81 bits per heavy atom. The quantitative estimate of drug-likeness (QED) is 0.579. The second-order valence-corrected chi connectivity index (χ2v) is 7.43. The van der Waals surface area contributed by atoms with Crippen molar-refractivity contribution in [3.8, 4) is 0 Å². The number of carbonyl (C=O) groups is 1. The smallest absolute Gasteiger partial charge is 0.270 e.